The van der Waals surface area contributed by atoms with Gasteiger partial charge in [0.25, 0.3) is 0 Å². The number of benzene rings is 1. The van der Waals surface area contributed by atoms with E-state index in [2.05, 4.69) is 17.4 Å². The van der Waals surface area contributed by atoms with Gasteiger partial charge in [-0.3, -0.25) is 0 Å². The molecule has 2 nitrogen and oxygen atoms in total. The summed E-state index contributed by atoms with van der Waals surface area (Å²) in [5, 5.41) is 13.2. The number of rotatable bonds is 3. The molecule has 5 atom stereocenters. The lowest BCUT2D eigenvalue weighted by atomic mass is 9.79. The van der Waals surface area contributed by atoms with Gasteiger partial charge in [0, 0.05) is 17.3 Å². The lowest BCUT2D eigenvalue weighted by molar-refractivity contribution is 0.242. The van der Waals surface area contributed by atoms with E-state index in [1.54, 1.807) is 0 Å². The molecule has 0 aromatic heterocycles. The molecule has 2 N–H and O–H groups in total. The summed E-state index contributed by atoms with van der Waals surface area (Å²) >= 11 is 0. The van der Waals surface area contributed by atoms with Crippen molar-refractivity contribution in [2.24, 2.45) is 23.7 Å². The van der Waals surface area contributed by atoms with Gasteiger partial charge in [0.2, 0.25) is 0 Å². The highest BCUT2D eigenvalue weighted by Gasteiger charge is 2.53. The van der Waals surface area contributed by atoms with Crippen LogP contribution in [0.1, 0.15) is 37.7 Å². The molecule has 3 aliphatic rings. The van der Waals surface area contributed by atoms with Crippen LogP contribution < -0.4 is 5.32 Å². The van der Waals surface area contributed by atoms with Crippen LogP contribution in [-0.2, 0) is 6.61 Å². The Labute approximate surface area is 115 Å². The number of para-hydroxylation sites is 1. The summed E-state index contributed by atoms with van der Waals surface area (Å²) in [5.74, 6) is 3.93. The van der Waals surface area contributed by atoms with Crippen molar-refractivity contribution in [3.05, 3.63) is 29.8 Å². The molecular formula is C17H23NO. The van der Waals surface area contributed by atoms with E-state index in [0.717, 1.165) is 34.9 Å². The zero-order chi connectivity index (χ0) is 12.8. The highest BCUT2D eigenvalue weighted by Crippen LogP contribution is 2.59. The topological polar surface area (TPSA) is 32.3 Å². The van der Waals surface area contributed by atoms with Crippen LogP contribution in [-0.4, -0.2) is 11.1 Å². The fourth-order valence-corrected chi connectivity index (χ4v) is 5.23. The molecule has 3 fully saturated rings. The van der Waals surface area contributed by atoms with E-state index in [-0.39, 0.29) is 6.61 Å². The summed E-state index contributed by atoms with van der Waals surface area (Å²) in [7, 11) is 0. The van der Waals surface area contributed by atoms with Gasteiger partial charge in [0.1, 0.15) is 0 Å². The van der Waals surface area contributed by atoms with E-state index in [1.165, 1.54) is 32.1 Å². The zero-order valence-corrected chi connectivity index (χ0v) is 11.4. The number of aliphatic hydroxyl groups excluding tert-OH is 1. The van der Waals surface area contributed by atoms with Gasteiger partial charge in [-0.1, -0.05) is 24.6 Å². The van der Waals surface area contributed by atoms with Gasteiger partial charge in [-0.25, -0.2) is 0 Å². The molecule has 102 valence electrons. The van der Waals surface area contributed by atoms with Crippen LogP contribution in [0.3, 0.4) is 0 Å². The third-order valence-corrected chi connectivity index (χ3v) is 5.96. The zero-order valence-electron chi connectivity index (χ0n) is 11.4. The Morgan fingerprint density at radius 1 is 1.05 bits per heavy atom. The van der Waals surface area contributed by atoms with E-state index < -0.39 is 0 Å². The maximum absolute atomic E-state index is 9.43. The first-order valence-corrected chi connectivity index (χ1v) is 7.82. The van der Waals surface area contributed by atoms with Crippen LogP contribution >= 0.6 is 0 Å². The van der Waals surface area contributed by atoms with Crippen molar-refractivity contribution in [3.8, 4) is 0 Å². The van der Waals surface area contributed by atoms with Crippen LogP contribution in [0.4, 0.5) is 5.69 Å². The van der Waals surface area contributed by atoms with Gasteiger partial charge in [-0.15, -0.1) is 0 Å². The molecule has 0 spiro atoms. The maximum Gasteiger partial charge on any atom is 0.0701 e. The summed E-state index contributed by atoms with van der Waals surface area (Å²) in [4.78, 5) is 0. The first-order chi connectivity index (χ1) is 9.36. The monoisotopic (exact) mass is 257 g/mol. The molecule has 2 heteroatoms. The third kappa shape index (κ3) is 1.80. The minimum absolute atomic E-state index is 0.135. The Bertz CT molecular complexity index is 472. The number of anilines is 1. The summed E-state index contributed by atoms with van der Waals surface area (Å²) < 4.78 is 0. The van der Waals surface area contributed by atoms with E-state index in [0.29, 0.717) is 6.04 Å². The van der Waals surface area contributed by atoms with Gasteiger partial charge in [-0.2, -0.15) is 0 Å². The molecule has 1 aromatic rings. The first-order valence-electron chi connectivity index (χ1n) is 7.82. The van der Waals surface area contributed by atoms with Gasteiger partial charge >= 0.3 is 0 Å². The molecule has 19 heavy (non-hydrogen) atoms. The average molecular weight is 257 g/mol. The number of nitrogens with one attached hydrogen (secondary N) is 1. The van der Waals surface area contributed by atoms with Gasteiger partial charge < -0.3 is 10.4 Å². The molecule has 3 aliphatic carbocycles. The van der Waals surface area contributed by atoms with Crippen molar-refractivity contribution in [1.29, 1.82) is 0 Å². The molecule has 0 radical (unpaired) electrons. The highest BCUT2D eigenvalue weighted by molar-refractivity contribution is 5.52. The quantitative estimate of drug-likeness (QED) is 0.869. The Balaban J connectivity index is 1.53. The van der Waals surface area contributed by atoms with E-state index in [1.807, 2.05) is 12.1 Å². The van der Waals surface area contributed by atoms with Crippen LogP contribution in [0, 0.1) is 23.7 Å². The summed E-state index contributed by atoms with van der Waals surface area (Å²) in [6, 6.07) is 8.85. The number of fused-ring (bicyclic) bond motifs is 5. The molecule has 0 aliphatic heterocycles. The standard InChI is InChI=1S/C17H23NO/c19-10-11-4-1-2-7-16(11)18-17-9-12-8-15(17)14-6-3-5-13(12)14/h1-2,4,7,12-15,17-19H,3,5-6,8-10H2. The Kier molecular flexibility index (Phi) is 2.80. The smallest absolute Gasteiger partial charge is 0.0701 e. The number of hydrogen-bond donors (Lipinski definition) is 2. The van der Waals surface area contributed by atoms with Crippen molar-refractivity contribution in [2.75, 3.05) is 5.32 Å². The lowest BCUT2D eigenvalue weighted by Gasteiger charge is -2.33. The average Bonchev–Trinajstić information content (AvgIpc) is 3.11. The molecule has 5 unspecified atom stereocenters. The predicted octanol–water partition coefficient (Wildman–Crippen LogP) is 3.42. The summed E-state index contributed by atoms with van der Waals surface area (Å²) in [6.45, 7) is 0.135. The van der Waals surface area contributed by atoms with Crippen molar-refractivity contribution in [1.82, 2.24) is 0 Å². The predicted molar refractivity (Wildman–Crippen MR) is 76.8 cm³/mol. The second-order valence-corrected chi connectivity index (χ2v) is 6.72. The molecule has 0 amide bonds. The minimum Gasteiger partial charge on any atom is -0.392 e. The van der Waals surface area contributed by atoms with E-state index in [4.69, 9.17) is 0 Å². The normalized spacial score (nSPS) is 39.5. The summed E-state index contributed by atoms with van der Waals surface area (Å²) in [6.07, 6.45) is 7.22. The summed E-state index contributed by atoms with van der Waals surface area (Å²) in [5.41, 5.74) is 2.19. The van der Waals surface area contributed by atoms with Crippen LogP contribution in [0.5, 0.6) is 0 Å². The van der Waals surface area contributed by atoms with Crippen molar-refractivity contribution >= 4 is 5.69 Å². The number of hydrogen-bond acceptors (Lipinski definition) is 2. The van der Waals surface area contributed by atoms with Crippen LogP contribution in [0.15, 0.2) is 24.3 Å². The van der Waals surface area contributed by atoms with E-state index >= 15 is 0 Å². The molecule has 2 bridgehead atoms. The molecular weight excluding hydrogens is 234 g/mol. The van der Waals surface area contributed by atoms with Gasteiger partial charge in [-0.05, 0) is 55.4 Å². The Morgan fingerprint density at radius 2 is 1.89 bits per heavy atom. The van der Waals surface area contributed by atoms with Crippen molar-refractivity contribution in [2.45, 2.75) is 44.8 Å². The molecule has 0 heterocycles. The first kappa shape index (κ1) is 11.8. The maximum atomic E-state index is 9.43. The van der Waals surface area contributed by atoms with Gasteiger partial charge in [0.05, 0.1) is 6.61 Å². The molecule has 0 saturated heterocycles. The van der Waals surface area contributed by atoms with Gasteiger partial charge in [0.15, 0.2) is 0 Å². The number of aliphatic hydroxyl groups is 1. The van der Waals surface area contributed by atoms with Crippen molar-refractivity contribution < 1.29 is 5.11 Å². The fraction of sp³-hybridized carbons (Fsp3) is 0.647. The fourth-order valence-electron chi connectivity index (χ4n) is 5.23. The third-order valence-electron chi connectivity index (χ3n) is 5.96. The Morgan fingerprint density at radius 3 is 2.79 bits per heavy atom. The largest absolute Gasteiger partial charge is 0.392 e. The molecule has 3 saturated carbocycles. The molecule has 4 rings (SSSR count). The van der Waals surface area contributed by atoms with Crippen molar-refractivity contribution in [3.63, 3.8) is 0 Å². The highest BCUT2D eigenvalue weighted by atomic mass is 16.3. The van der Waals surface area contributed by atoms with Crippen LogP contribution in [0.2, 0.25) is 0 Å². The minimum atomic E-state index is 0.135. The van der Waals surface area contributed by atoms with Crippen LogP contribution in [0.25, 0.3) is 0 Å². The van der Waals surface area contributed by atoms with E-state index in [9.17, 15) is 5.11 Å². The second kappa shape index (κ2) is 4.52. The molecule has 1 aromatic carbocycles. The SMILES string of the molecule is OCc1ccccc1NC1CC2CC1C1CCCC21. The lowest BCUT2D eigenvalue weighted by Crippen LogP contribution is -2.34. The Hall–Kier alpha value is -1.02. The second-order valence-electron chi connectivity index (χ2n) is 6.72.